The van der Waals surface area contributed by atoms with Crippen molar-refractivity contribution in [1.29, 1.82) is 0 Å². The molecule has 2 N–H and O–H groups in total. The number of rotatable bonds is 4. The molecule has 1 atom stereocenters. The molecule has 1 aliphatic rings. The lowest BCUT2D eigenvalue weighted by molar-refractivity contribution is -0.118. The monoisotopic (exact) mass is 248 g/mol. The van der Waals surface area contributed by atoms with Crippen LogP contribution in [0.5, 0.6) is 5.75 Å². The van der Waals surface area contributed by atoms with Crippen LogP contribution in [0.1, 0.15) is 19.3 Å². The quantitative estimate of drug-likeness (QED) is 0.853. The summed E-state index contributed by atoms with van der Waals surface area (Å²) >= 11 is 0. The molecule has 0 radical (unpaired) electrons. The Morgan fingerprint density at radius 2 is 2.17 bits per heavy atom. The third-order valence-corrected chi connectivity index (χ3v) is 3.54. The van der Waals surface area contributed by atoms with Crippen LogP contribution in [-0.2, 0) is 4.79 Å². The van der Waals surface area contributed by atoms with Gasteiger partial charge in [0.05, 0.1) is 0 Å². The summed E-state index contributed by atoms with van der Waals surface area (Å²) in [5.74, 6) is 0.992. The van der Waals surface area contributed by atoms with Gasteiger partial charge in [-0.05, 0) is 56.1 Å². The van der Waals surface area contributed by atoms with E-state index in [1.54, 1.807) is 36.2 Å². The van der Waals surface area contributed by atoms with E-state index in [4.69, 9.17) is 0 Å². The number of phenols is 1. The molecule has 0 bridgehead atoms. The van der Waals surface area contributed by atoms with Crippen LogP contribution in [0.25, 0.3) is 0 Å². The van der Waals surface area contributed by atoms with Gasteiger partial charge in [0.2, 0.25) is 5.91 Å². The number of anilines is 1. The van der Waals surface area contributed by atoms with E-state index in [1.165, 1.54) is 6.42 Å². The number of hydrogen-bond acceptors (Lipinski definition) is 3. The Hall–Kier alpha value is -1.55. The topological polar surface area (TPSA) is 52.6 Å². The predicted octanol–water partition coefficient (Wildman–Crippen LogP) is 1.74. The van der Waals surface area contributed by atoms with E-state index < -0.39 is 0 Å². The van der Waals surface area contributed by atoms with Gasteiger partial charge < -0.3 is 15.3 Å². The molecule has 1 aromatic carbocycles. The van der Waals surface area contributed by atoms with E-state index in [0.29, 0.717) is 12.3 Å². The molecule has 0 aliphatic carbocycles. The maximum atomic E-state index is 12.0. The second-order valence-corrected chi connectivity index (χ2v) is 4.87. The van der Waals surface area contributed by atoms with Gasteiger partial charge in [-0.3, -0.25) is 4.79 Å². The lowest BCUT2D eigenvalue weighted by Crippen LogP contribution is -2.26. The molecule has 98 valence electrons. The van der Waals surface area contributed by atoms with Crippen molar-refractivity contribution < 1.29 is 9.90 Å². The Morgan fingerprint density at radius 3 is 2.78 bits per heavy atom. The summed E-state index contributed by atoms with van der Waals surface area (Å²) in [6, 6.07) is 6.70. The van der Waals surface area contributed by atoms with Crippen LogP contribution in [0.3, 0.4) is 0 Å². The molecule has 1 heterocycles. The molecule has 4 heteroatoms. The van der Waals surface area contributed by atoms with E-state index >= 15 is 0 Å². The Balaban J connectivity index is 1.85. The van der Waals surface area contributed by atoms with Crippen LogP contribution in [0.15, 0.2) is 24.3 Å². The van der Waals surface area contributed by atoms with Gasteiger partial charge >= 0.3 is 0 Å². The molecule has 2 rings (SSSR count). The first-order chi connectivity index (χ1) is 8.66. The highest BCUT2D eigenvalue weighted by atomic mass is 16.3. The molecule has 1 saturated heterocycles. The Kier molecular flexibility index (Phi) is 4.20. The summed E-state index contributed by atoms with van der Waals surface area (Å²) in [4.78, 5) is 13.7. The average Bonchev–Trinajstić information content (AvgIpc) is 2.89. The molecule has 18 heavy (non-hydrogen) atoms. The smallest absolute Gasteiger partial charge is 0.226 e. The van der Waals surface area contributed by atoms with Crippen LogP contribution in [-0.4, -0.2) is 31.2 Å². The minimum atomic E-state index is 0.132. The fourth-order valence-corrected chi connectivity index (χ4v) is 2.28. The van der Waals surface area contributed by atoms with Gasteiger partial charge in [0.25, 0.3) is 0 Å². The first-order valence-corrected chi connectivity index (χ1v) is 6.43. The highest BCUT2D eigenvalue weighted by Gasteiger charge is 2.17. The van der Waals surface area contributed by atoms with E-state index in [-0.39, 0.29) is 11.7 Å². The summed E-state index contributed by atoms with van der Waals surface area (Å²) < 4.78 is 0. The van der Waals surface area contributed by atoms with Crippen molar-refractivity contribution >= 4 is 11.6 Å². The minimum absolute atomic E-state index is 0.132. The second-order valence-electron chi connectivity index (χ2n) is 4.87. The van der Waals surface area contributed by atoms with E-state index in [1.807, 2.05) is 0 Å². The summed E-state index contributed by atoms with van der Waals surface area (Å²) in [5.41, 5.74) is 0.822. The van der Waals surface area contributed by atoms with E-state index in [0.717, 1.165) is 25.2 Å². The van der Waals surface area contributed by atoms with Crippen molar-refractivity contribution in [2.24, 2.45) is 5.92 Å². The molecule has 1 aromatic rings. The second kappa shape index (κ2) is 5.87. The Labute approximate surface area is 108 Å². The zero-order valence-electron chi connectivity index (χ0n) is 10.7. The number of carbonyl (C=O) groups excluding carboxylic acids is 1. The first kappa shape index (κ1) is 12.9. The third-order valence-electron chi connectivity index (χ3n) is 3.54. The summed E-state index contributed by atoms with van der Waals surface area (Å²) in [5, 5.41) is 12.5. The minimum Gasteiger partial charge on any atom is -0.508 e. The van der Waals surface area contributed by atoms with Crippen LogP contribution in [0, 0.1) is 5.92 Å². The van der Waals surface area contributed by atoms with Gasteiger partial charge in [0.15, 0.2) is 0 Å². The van der Waals surface area contributed by atoms with Crippen molar-refractivity contribution in [1.82, 2.24) is 5.32 Å². The van der Waals surface area contributed by atoms with Crippen LogP contribution in [0.2, 0.25) is 0 Å². The van der Waals surface area contributed by atoms with Crippen LogP contribution >= 0.6 is 0 Å². The third kappa shape index (κ3) is 3.23. The summed E-state index contributed by atoms with van der Waals surface area (Å²) in [6.45, 7) is 2.11. The van der Waals surface area contributed by atoms with Gasteiger partial charge in [-0.15, -0.1) is 0 Å². The number of nitrogens with one attached hydrogen (secondary N) is 1. The van der Waals surface area contributed by atoms with Gasteiger partial charge in [0.1, 0.15) is 5.75 Å². The number of carbonyl (C=O) groups is 1. The SMILES string of the molecule is CN(C(=O)CCC1CCNC1)c1ccc(O)cc1. The number of amides is 1. The Morgan fingerprint density at radius 1 is 1.44 bits per heavy atom. The van der Waals surface area contributed by atoms with Crippen molar-refractivity contribution in [2.75, 3.05) is 25.0 Å². The highest BCUT2D eigenvalue weighted by Crippen LogP contribution is 2.20. The van der Waals surface area contributed by atoms with Gasteiger partial charge in [-0.1, -0.05) is 0 Å². The van der Waals surface area contributed by atoms with Gasteiger partial charge in [-0.25, -0.2) is 0 Å². The van der Waals surface area contributed by atoms with Crippen LogP contribution in [0.4, 0.5) is 5.69 Å². The van der Waals surface area contributed by atoms with Gasteiger partial charge in [0, 0.05) is 19.2 Å². The molecule has 1 unspecified atom stereocenters. The number of aromatic hydroxyl groups is 1. The molecule has 0 saturated carbocycles. The van der Waals surface area contributed by atoms with Crippen LogP contribution < -0.4 is 10.2 Å². The molecular formula is C14H20N2O2. The largest absolute Gasteiger partial charge is 0.508 e. The highest BCUT2D eigenvalue weighted by molar-refractivity contribution is 5.92. The van der Waals surface area contributed by atoms with Gasteiger partial charge in [-0.2, -0.15) is 0 Å². The molecule has 1 aliphatic heterocycles. The number of benzene rings is 1. The molecule has 0 aromatic heterocycles. The van der Waals surface area contributed by atoms with Crippen molar-refractivity contribution in [3.63, 3.8) is 0 Å². The Bertz CT molecular complexity index is 397. The molecule has 1 fully saturated rings. The van der Waals surface area contributed by atoms with Crippen molar-refractivity contribution in [2.45, 2.75) is 19.3 Å². The predicted molar refractivity (Wildman–Crippen MR) is 71.7 cm³/mol. The molecular weight excluding hydrogens is 228 g/mol. The lowest BCUT2D eigenvalue weighted by Gasteiger charge is -2.18. The summed E-state index contributed by atoms with van der Waals surface area (Å²) in [7, 11) is 1.78. The molecule has 1 amide bonds. The molecule has 4 nitrogen and oxygen atoms in total. The normalized spacial score (nSPS) is 18.8. The zero-order chi connectivity index (χ0) is 13.0. The maximum Gasteiger partial charge on any atom is 0.226 e. The average molecular weight is 248 g/mol. The number of hydrogen-bond donors (Lipinski definition) is 2. The fraction of sp³-hybridized carbons (Fsp3) is 0.500. The maximum absolute atomic E-state index is 12.0. The standard InChI is InChI=1S/C14H20N2O2/c1-16(12-3-5-13(17)6-4-12)14(18)7-2-11-8-9-15-10-11/h3-6,11,15,17H,2,7-10H2,1H3. The fourth-order valence-electron chi connectivity index (χ4n) is 2.28. The first-order valence-electron chi connectivity index (χ1n) is 6.43. The number of nitrogens with zero attached hydrogens (tertiary/aromatic N) is 1. The lowest BCUT2D eigenvalue weighted by atomic mass is 10.0. The van der Waals surface area contributed by atoms with E-state index in [9.17, 15) is 9.90 Å². The zero-order valence-corrected chi connectivity index (χ0v) is 10.7. The summed E-state index contributed by atoms with van der Waals surface area (Å²) in [6.07, 6.45) is 2.72. The van der Waals surface area contributed by atoms with E-state index in [2.05, 4.69) is 5.32 Å². The molecule has 0 spiro atoms. The van der Waals surface area contributed by atoms with Crippen molar-refractivity contribution in [3.8, 4) is 5.75 Å². The van der Waals surface area contributed by atoms with Crippen molar-refractivity contribution in [3.05, 3.63) is 24.3 Å². The number of phenolic OH excluding ortho intramolecular Hbond substituents is 1.